The van der Waals surface area contributed by atoms with Crippen molar-refractivity contribution in [2.75, 3.05) is 4.72 Å². The van der Waals surface area contributed by atoms with E-state index in [-0.39, 0.29) is 34.1 Å². The molecule has 3 aromatic heterocycles. The summed E-state index contributed by atoms with van der Waals surface area (Å²) < 4.78 is 64.1. The van der Waals surface area contributed by atoms with Gasteiger partial charge in [0.2, 0.25) is 0 Å². The lowest BCUT2D eigenvalue weighted by atomic mass is 9.99. The maximum atomic E-state index is 14.7. The second kappa shape index (κ2) is 8.26. The van der Waals surface area contributed by atoms with Gasteiger partial charge in [0, 0.05) is 41.2 Å². The van der Waals surface area contributed by atoms with Crippen LogP contribution in [0.3, 0.4) is 0 Å². The first-order valence-corrected chi connectivity index (χ1v) is 11.3. The van der Waals surface area contributed by atoms with E-state index >= 15 is 0 Å². The Morgan fingerprint density at radius 1 is 1.25 bits per heavy atom. The van der Waals surface area contributed by atoms with E-state index < -0.39 is 33.3 Å². The first-order chi connectivity index (χ1) is 15.1. The van der Waals surface area contributed by atoms with Crippen LogP contribution in [0.2, 0.25) is 0 Å². The summed E-state index contributed by atoms with van der Waals surface area (Å²) in [5.74, 6) is -2.48. The van der Waals surface area contributed by atoms with Gasteiger partial charge in [-0.1, -0.05) is 11.3 Å². The number of anilines is 1. The molecular formula is C19H14F2N4O5S2. The molecule has 0 saturated heterocycles. The van der Waals surface area contributed by atoms with Gasteiger partial charge in [-0.2, -0.15) is 8.42 Å². The van der Waals surface area contributed by atoms with Gasteiger partial charge in [-0.15, -0.1) is 0 Å². The first-order valence-electron chi connectivity index (χ1n) is 8.89. The zero-order valence-corrected chi connectivity index (χ0v) is 17.9. The lowest BCUT2D eigenvalue weighted by Gasteiger charge is -2.11. The summed E-state index contributed by atoms with van der Waals surface area (Å²) in [6, 6.07) is 3.67. The molecule has 0 amide bonds. The van der Waals surface area contributed by atoms with Crippen LogP contribution in [0.15, 0.2) is 45.2 Å². The summed E-state index contributed by atoms with van der Waals surface area (Å²) in [5.41, 5.74) is -0.287. The van der Waals surface area contributed by atoms with Crippen LogP contribution in [0.5, 0.6) is 10.9 Å². The van der Waals surface area contributed by atoms with Crippen molar-refractivity contribution in [2.45, 2.75) is 13.3 Å². The maximum Gasteiger partial charge on any atom is 0.340 e. The van der Waals surface area contributed by atoms with Crippen molar-refractivity contribution in [3.05, 3.63) is 74.7 Å². The Balaban J connectivity index is 1.75. The Hall–Kier alpha value is -3.42. The number of nitrogens with zero attached hydrogens (tertiary/aromatic N) is 2. The van der Waals surface area contributed by atoms with Crippen LogP contribution in [0, 0.1) is 18.6 Å². The van der Waals surface area contributed by atoms with Gasteiger partial charge < -0.3 is 9.15 Å². The number of ether oxygens (including phenoxy) is 1. The smallest absolute Gasteiger partial charge is 0.340 e. The van der Waals surface area contributed by atoms with E-state index in [0.29, 0.717) is 10.9 Å². The molecule has 0 unspecified atom stereocenters. The second-order valence-corrected chi connectivity index (χ2v) is 8.78. The molecule has 0 aliphatic rings. The molecule has 0 bridgehead atoms. The molecule has 1 aromatic carbocycles. The number of hydrogen-bond donors (Lipinski definition) is 2. The largest absolute Gasteiger partial charge is 0.428 e. The van der Waals surface area contributed by atoms with Crippen molar-refractivity contribution in [1.29, 1.82) is 0 Å². The molecule has 0 spiro atoms. The van der Waals surface area contributed by atoms with E-state index in [1.54, 1.807) is 17.0 Å². The van der Waals surface area contributed by atoms with Crippen LogP contribution in [-0.2, 0) is 16.6 Å². The van der Waals surface area contributed by atoms with Crippen LogP contribution in [0.1, 0.15) is 16.7 Å². The number of halogens is 2. The Morgan fingerprint density at radius 3 is 2.72 bits per heavy atom. The van der Waals surface area contributed by atoms with E-state index in [0.717, 1.165) is 23.6 Å². The quantitative estimate of drug-likeness (QED) is 0.404. The zero-order chi connectivity index (χ0) is 23.0. The molecule has 0 fully saturated rings. The van der Waals surface area contributed by atoms with Crippen LogP contribution < -0.4 is 20.2 Å². The van der Waals surface area contributed by atoms with Gasteiger partial charge in [-0.25, -0.2) is 28.7 Å². The molecule has 0 aliphatic heterocycles. The maximum absolute atomic E-state index is 14.7. The summed E-state index contributed by atoms with van der Waals surface area (Å²) in [6.45, 7) is 1.57. The number of aromatic nitrogens is 2. The van der Waals surface area contributed by atoms with Crippen LogP contribution in [0.4, 0.5) is 14.6 Å². The number of nitrogens with one attached hydrogen (secondary N) is 1. The number of benzene rings is 1. The minimum absolute atomic E-state index is 0.0369. The second-order valence-electron chi connectivity index (χ2n) is 6.63. The molecule has 4 rings (SSSR count). The highest BCUT2D eigenvalue weighted by atomic mass is 32.2. The molecule has 166 valence electrons. The molecule has 0 atom stereocenters. The van der Waals surface area contributed by atoms with Gasteiger partial charge in [0.05, 0.1) is 0 Å². The fourth-order valence-corrected chi connectivity index (χ4v) is 3.95. The number of hydrogen-bond acceptors (Lipinski definition) is 8. The minimum Gasteiger partial charge on any atom is -0.428 e. The van der Waals surface area contributed by atoms with E-state index in [9.17, 15) is 22.0 Å². The average molecular weight is 480 g/mol. The standard InChI is InChI=1S/C19H14F2N4O5S2/c1-9-11-7-13(20)15(30-19-24-4-5-31-19)8-14(11)29-18(26)12(9)6-10-2-3-23-17(16(10)21)25-32(22,27)28/h2-5,7-8H,6H2,1H3,(H,23,25)(H2,22,27,28). The van der Waals surface area contributed by atoms with Gasteiger partial charge in [0.1, 0.15) is 5.58 Å². The fourth-order valence-electron chi connectivity index (χ4n) is 3.04. The van der Waals surface area contributed by atoms with Crippen molar-refractivity contribution in [2.24, 2.45) is 5.14 Å². The van der Waals surface area contributed by atoms with Crippen molar-refractivity contribution in [3.63, 3.8) is 0 Å². The third-order valence-corrected chi connectivity index (χ3v) is 5.65. The fraction of sp³-hybridized carbons (Fsp3) is 0.105. The van der Waals surface area contributed by atoms with Crippen LogP contribution in [-0.4, -0.2) is 18.4 Å². The summed E-state index contributed by atoms with van der Waals surface area (Å²) in [5, 5.41) is 7.03. The van der Waals surface area contributed by atoms with Crippen molar-refractivity contribution >= 4 is 38.3 Å². The van der Waals surface area contributed by atoms with E-state index in [1.807, 2.05) is 0 Å². The third-order valence-electron chi connectivity index (χ3n) is 4.52. The Kier molecular flexibility index (Phi) is 5.62. The Bertz CT molecular complexity index is 1490. The molecule has 4 aromatic rings. The van der Waals surface area contributed by atoms with Crippen LogP contribution in [0.25, 0.3) is 11.0 Å². The van der Waals surface area contributed by atoms with E-state index in [1.165, 1.54) is 18.3 Å². The molecule has 3 heterocycles. The molecule has 0 saturated carbocycles. The van der Waals surface area contributed by atoms with E-state index in [4.69, 9.17) is 14.3 Å². The van der Waals surface area contributed by atoms with Crippen molar-refractivity contribution in [1.82, 2.24) is 9.97 Å². The highest BCUT2D eigenvalue weighted by molar-refractivity contribution is 7.90. The third kappa shape index (κ3) is 4.44. The summed E-state index contributed by atoms with van der Waals surface area (Å²) in [7, 11) is -4.25. The lowest BCUT2D eigenvalue weighted by molar-refractivity contribution is 0.438. The normalized spacial score (nSPS) is 11.6. The predicted molar refractivity (Wildman–Crippen MR) is 113 cm³/mol. The number of nitrogens with two attached hydrogens (primary N) is 1. The van der Waals surface area contributed by atoms with Crippen molar-refractivity contribution < 1.29 is 26.4 Å². The Labute approximate surface area is 183 Å². The van der Waals surface area contributed by atoms with Gasteiger partial charge in [-0.3, -0.25) is 4.72 Å². The summed E-state index contributed by atoms with van der Waals surface area (Å²) in [4.78, 5) is 20.1. The number of pyridine rings is 1. The molecule has 13 heteroatoms. The van der Waals surface area contributed by atoms with Gasteiger partial charge in [0.15, 0.2) is 23.2 Å². The highest BCUT2D eigenvalue weighted by Gasteiger charge is 2.19. The predicted octanol–water partition coefficient (Wildman–Crippen LogP) is 3.23. The van der Waals surface area contributed by atoms with Crippen LogP contribution >= 0.6 is 11.3 Å². The monoisotopic (exact) mass is 480 g/mol. The number of fused-ring (bicyclic) bond motifs is 1. The number of aryl methyl sites for hydroxylation is 1. The molecule has 0 aliphatic carbocycles. The van der Waals surface area contributed by atoms with Crippen molar-refractivity contribution in [3.8, 4) is 10.9 Å². The number of thiazole rings is 1. The Morgan fingerprint density at radius 2 is 2.03 bits per heavy atom. The van der Waals surface area contributed by atoms with Gasteiger partial charge in [-0.05, 0) is 30.2 Å². The highest BCUT2D eigenvalue weighted by Crippen LogP contribution is 2.32. The summed E-state index contributed by atoms with van der Waals surface area (Å²) >= 11 is 1.16. The first kappa shape index (κ1) is 21.8. The SMILES string of the molecule is Cc1c(Cc2ccnc(NS(N)(=O)=O)c2F)c(=O)oc2cc(Oc3nccs3)c(F)cc12. The topological polar surface area (TPSA) is 137 Å². The molecule has 9 nitrogen and oxygen atoms in total. The summed E-state index contributed by atoms with van der Waals surface area (Å²) in [6.07, 6.45) is 2.40. The molecule has 32 heavy (non-hydrogen) atoms. The van der Waals surface area contributed by atoms with Gasteiger partial charge in [0.25, 0.3) is 15.4 Å². The van der Waals surface area contributed by atoms with E-state index in [2.05, 4.69) is 9.97 Å². The molecular weight excluding hydrogens is 466 g/mol. The number of rotatable bonds is 6. The minimum atomic E-state index is -4.25. The molecule has 0 radical (unpaired) electrons. The average Bonchev–Trinajstić information content (AvgIpc) is 3.21. The zero-order valence-electron chi connectivity index (χ0n) is 16.3. The lowest BCUT2D eigenvalue weighted by Crippen LogP contribution is -2.23. The molecule has 3 N–H and O–H groups in total. The van der Waals surface area contributed by atoms with Gasteiger partial charge >= 0.3 is 5.63 Å².